The highest BCUT2D eigenvalue weighted by molar-refractivity contribution is 7.89. The molecule has 0 N–H and O–H groups in total. The second-order valence-corrected chi connectivity index (χ2v) is 7.58. The highest BCUT2D eigenvalue weighted by Gasteiger charge is 2.31. The van der Waals surface area contributed by atoms with Gasteiger partial charge in [-0.25, -0.2) is 12.8 Å². The monoisotopic (exact) mass is 330 g/mol. The molecule has 0 unspecified atom stereocenters. The van der Waals surface area contributed by atoms with Gasteiger partial charge in [0, 0.05) is 39.3 Å². The van der Waals surface area contributed by atoms with Crippen molar-refractivity contribution >= 4 is 10.0 Å². The van der Waals surface area contributed by atoms with Crippen molar-refractivity contribution in [1.29, 1.82) is 0 Å². The van der Waals surface area contributed by atoms with Crippen LogP contribution in [-0.4, -0.2) is 63.6 Å². The first-order valence-electron chi connectivity index (χ1n) is 7.35. The molecule has 7 heteroatoms. The molecule has 22 heavy (non-hydrogen) atoms. The molecule has 0 aliphatic carbocycles. The first kappa shape index (κ1) is 17.3. The third-order valence-electron chi connectivity index (χ3n) is 4.01. The van der Waals surface area contributed by atoms with Gasteiger partial charge in [-0.2, -0.15) is 4.31 Å². The number of halogens is 1. The van der Waals surface area contributed by atoms with Crippen molar-refractivity contribution in [3.8, 4) is 0 Å². The number of hydrogen-bond donors (Lipinski definition) is 0. The summed E-state index contributed by atoms with van der Waals surface area (Å²) in [6.45, 7) is 6.39. The van der Waals surface area contributed by atoms with Gasteiger partial charge in [-0.05, 0) is 31.5 Å². The predicted octanol–water partition coefficient (Wildman–Crippen LogP) is 1.48. The van der Waals surface area contributed by atoms with Crippen LogP contribution in [0.5, 0.6) is 0 Å². The van der Waals surface area contributed by atoms with Crippen molar-refractivity contribution in [2.45, 2.75) is 24.8 Å². The van der Waals surface area contributed by atoms with Gasteiger partial charge in [-0.1, -0.05) is 6.07 Å². The Labute approximate surface area is 131 Å². The molecule has 0 saturated carbocycles. The predicted molar refractivity (Wildman–Crippen MR) is 82.8 cm³/mol. The molecule has 1 aliphatic rings. The molecular weight excluding hydrogens is 307 g/mol. The maximum atomic E-state index is 13.9. The molecule has 0 spiro atoms. The van der Waals surface area contributed by atoms with E-state index in [9.17, 15) is 12.8 Å². The highest BCUT2D eigenvalue weighted by Crippen LogP contribution is 2.22. The van der Waals surface area contributed by atoms with E-state index in [1.54, 1.807) is 20.1 Å². The standard InChI is InChI=1S/C15H23FN2O3S/c1-12-4-5-14(16)15(10-12)22(19,20)18-8-6-17(7-9-18)13(2)11-21-3/h4-5,10,13H,6-9,11H2,1-3H3/t13-/m0/s1. The summed E-state index contributed by atoms with van der Waals surface area (Å²) < 4.78 is 45.6. The lowest BCUT2D eigenvalue weighted by molar-refractivity contribution is 0.0766. The molecule has 1 aromatic carbocycles. The van der Waals surface area contributed by atoms with Crippen LogP contribution in [0.25, 0.3) is 0 Å². The molecule has 124 valence electrons. The normalized spacial score (nSPS) is 19.3. The van der Waals surface area contributed by atoms with E-state index < -0.39 is 15.8 Å². The van der Waals surface area contributed by atoms with Crippen LogP contribution < -0.4 is 0 Å². The SMILES string of the molecule is COC[C@H](C)N1CCN(S(=O)(=O)c2cc(C)ccc2F)CC1. The molecule has 2 rings (SSSR count). The Morgan fingerprint density at radius 3 is 2.50 bits per heavy atom. The van der Waals surface area contributed by atoms with Gasteiger partial charge >= 0.3 is 0 Å². The van der Waals surface area contributed by atoms with Crippen LogP contribution in [0.3, 0.4) is 0 Å². The fourth-order valence-electron chi connectivity index (χ4n) is 2.68. The zero-order valence-corrected chi connectivity index (χ0v) is 14.1. The van der Waals surface area contributed by atoms with Crippen LogP contribution in [0.2, 0.25) is 0 Å². The molecule has 1 fully saturated rings. The Balaban J connectivity index is 2.11. The summed E-state index contributed by atoms with van der Waals surface area (Å²) in [4.78, 5) is 1.95. The topological polar surface area (TPSA) is 49.9 Å². The van der Waals surface area contributed by atoms with E-state index in [0.717, 1.165) is 5.56 Å². The summed E-state index contributed by atoms with van der Waals surface area (Å²) in [6, 6.07) is 4.41. The van der Waals surface area contributed by atoms with Gasteiger partial charge < -0.3 is 4.74 Å². The van der Waals surface area contributed by atoms with E-state index in [0.29, 0.717) is 32.8 Å². The summed E-state index contributed by atoms with van der Waals surface area (Å²) in [5.74, 6) is -0.694. The van der Waals surface area contributed by atoms with Gasteiger partial charge in [0.2, 0.25) is 10.0 Å². The lowest BCUT2D eigenvalue weighted by Crippen LogP contribution is -2.52. The van der Waals surface area contributed by atoms with Gasteiger partial charge in [0.05, 0.1) is 6.61 Å². The molecule has 5 nitrogen and oxygen atoms in total. The number of rotatable bonds is 5. The van der Waals surface area contributed by atoms with Crippen LogP contribution >= 0.6 is 0 Å². The van der Waals surface area contributed by atoms with E-state index in [1.165, 1.54) is 16.4 Å². The van der Waals surface area contributed by atoms with Crippen molar-refractivity contribution in [1.82, 2.24) is 9.21 Å². The minimum atomic E-state index is -3.78. The number of aryl methyl sites for hydroxylation is 1. The molecular formula is C15H23FN2O3S. The van der Waals surface area contributed by atoms with E-state index in [2.05, 4.69) is 4.90 Å². The number of sulfonamides is 1. The van der Waals surface area contributed by atoms with Gasteiger partial charge in [-0.15, -0.1) is 0 Å². The summed E-state index contributed by atoms with van der Waals surface area (Å²) in [5.41, 5.74) is 0.729. The van der Waals surface area contributed by atoms with Crippen molar-refractivity contribution in [3.63, 3.8) is 0 Å². The van der Waals surface area contributed by atoms with Gasteiger partial charge in [0.25, 0.3) is 0 Å². The van der Waals surface area contributed by atoms with Gasteiger partial charge in [0.15, 0.2) is 0 Å². The molecule has 1 heterocycles. The van der Waals surface area contributed by atoms with E-state index in [-0.39, 0.29) is 10.9 Å². The number of benzene rings is 1. The van der Waals surface area contributed by atoms with Crippen LogP contribution in [0, 0.1) is 12.7 Å². The van der Waals surface area contributed by atoms with Crippen LogP contribution in [0.4, 0.5) is 4.39 Å². The van der Waals surface area contributed by atoms with Crippen molar-refractivity contribution in [2.75, 3.05) is 39.9 Å². The third-order valence-corrected chi connectivity index (χ3v) is 5.92. The van der Waals surface area contributed by atoms with Gasteiger partial charge in [-0.3, -0.25) is 4.90 Å². The van der Waals surface area contributed by atoms with Crippen LogP contribution in [-0.2, 0) is 14.8 Å². The number of hydrogen-bond acceptors (Lipinski definition) is 4. The van der Waals surface area contributed by atoms with E-state index in [4.69, 9.17) is 4.74 Å². The number of nitrogens with zero attached hydrogens (tertiary/aromatic N) is 2. The Hall–Kier alpha value is -1.02. The molecule has 1 aromatic rings. The minimum absolute atomic E-state index is 0.231. The maximum Gasteiger partial charge on any atom is 0.246 e. The Bertz CT molecular complexity index is 613. The largest absolute Gasteiger partial charge is 0.383 e. The summed E-state index contributed by atoms with van der Waals surface area (Å²) in [6.07, 6.45) is 0. The summed E-state index contributed by atoms with van der Waals surface area (Å²) in [5, 5.41) is 0. The molecule has 0 aromatic heterocycles. The summed E-state index contributed by atoms with van der Waals surface area (Å²) >= 11 is 0. The molecule has 0 amide bonds. The Morgan fingerprint density at radius 2 is 1.91 bits per heavy atom. The molecule has 1 saturated heterocycles. The Morgan fingerprint density at radius 1 is 1.27 bits per heavy atom. The second-order valence-electron chi connectivity index (χ2n) is 5.68. The first-order valence-corrected chi connectivity index (χ1v) is 8.79. The average molecular weight is 330 g/mol. The average Bonchev–Trinajstić information content (AvgIpc) is 2.50. The van der Waals surface area contributed by atoms with Crippen molar-refractivity contribution in [3.05, 3.63) is 29.6 Å². The zero-order valence-electron chi connectivity index (χ0n) is 13.3. The number of ether oxygens (including phenoxy) is 1. The van der Waals surface area contributed by atoms with E-state index in [1.807, 2.05) is 6.92 Å². The van der Waals surface area contributed by atoms with Gasteiger partial charge in [0.1, 0.15) is 10.7 Å². The highest BCUT2D eigenvalue weighted by atomic mass is 32.2. The zero-order chi connectivity index (χ0) is 16.3. The van der Waals surface area contributed by atoms with Crippen LogP contribution in [0.15, 0.2) is 23.1 Å². The quantitative estimate of drug-likeness (QED) is 0.820. The Kier molecular flexibility index (Phi) is 5.55. The fraction of sp³-hybridized carbons (Fsp3) is 0.600. The lowest BCUT2D eigenvalue weighted by atomic mass is 10.2. The third kappa shape index (κ3) is 3.65. The molecule has 1 atom stereocenters. The molecule has 1 aliphatic heterocycles. The van der Waals surface area contributed by atoms with Crippen molar-refractivity contribution in [2.24, 2.45) is 0 Å². The first-order chi connectivity index (χ1) is 10.4. The summed E-state index contributed by atoms with van der Waals surface area (Å²) in [7, 11) is -2.13. The fourth-order valence-corrected chi connectivity index (χ4v) is 4.25. The lowest BCUT2D eigenvalue weighted by Gasteiger charge is -2.37. The number of piperazine rings is 1. The maximum absolute atomic E-state index is 13.9. The number of methoxy groups -OCH3 is 1. The van der Waals surface area contributed by atoms with Crippen LogP contribution in [0.1, 0.15) is 12.5 Å². The molecule has 0 bridgehead atoms. The van der Waals surface area contributed by atoms with Crippen molar-refractivity contribution < 1.29 is 17.5 Å². The molecule has 0 radical (unpaired) electrons. The minimum Gasteiger partial charge on any atom is -0.383 e. The smallest absolute Gasteiger partial charge is 0.246 e. The second kappa shape index (κ2) is 7.04. The van der Waals surface area contributed by atoms with E-state index >= 15 is 0 Å².